The summed E-state index contributed by atoms with van der Waals surface area (Å²) in [5.41, 5.74) is 3.96. The van der Waals surface area contributed by atoms with Crippen LogP contribution >= 0.6 is 0 Å². The van der Waals surface area contributed by atoms with Gasteiger partial charge in [-0.25, -0.2) is 24.9 Å². The van der Waals surface area contributed by atoms with Crippen LogP contribution in [0.15, 0.2) is 121 Å². The van der Waals surface area contributed by atoms with Crippen LogP contribution in [0, 0.1) is 11.8 Å². The molecule has 1 N–H and O–H groups in total. The molecule has 6 aliphatic rings. The lowest BCUT2D eigenvalue weighted by Gasteiger charge is -2.38. The van der Waals surface area contributed by atoms with Crippen molar-refractivity contribution in [3.05, 3.63) is 138 Å². The molecule has 4 aromatic heterocycles. The molecule has 7 aromatic rings. The first kappa shape index (κ1) is 43.8. The van der Waals surface area contributed by atoms with Gasteiger partial charge >= 0.3 is 0 Å². The second-order valence-corrected chi connectivity index (χ2v) is 19.2. The van der Waals surface area contributed by atoms with Crippen molar-refractivity contribution in [1.29, 1.82) is 0 Å². The number of hydrogen-bond donors (Lipinski definition) is 1. The Morgan fingerprint density at radius 1 is 0.667 bits per heavy atom. The Balaban J connectivity index is 0.000000148. The number of amides is 2. The lowest BCUT2D eigenvalue weighted by atomic mass is 9.82. The highest BCUT2D eigenvalue weighted by atomic mass is 16.7. The predicted molar refractivity (Wildman–Crippen MR) is 251 cm³/mol. The van der Waals surface area contributed by atoms with E-state index in [4.69, 9.17) is 28.7 Å². The third-order valence-electron chi connectivity index (χ3n) is 15.7. The van der Waals surface area contributed by atoms with Crippen LogP contribution in [0.4, 0.5) is 5.82 Å². The standard InChI is InChI=1S/C30H31N5O4.C22H23N5O3/c1-3-30-20(2)24(38-29(30)14-15-29)28(39-30)35-18-31-23-25(35)32-17-34(19-37-16-21-10-6-4-7-11-21)26(23)33-27(36)22-12-8-5-9-13-22;1-3-22-13(2)16(29-21(22)9-10-21)20(30-22)27-12-25-15-17(23-11-24-18(15)27)26-19(28)14-7-5-4-6-8-14/h4-13,17-18,20,24,28H,3,14-16,19H2,1-2H3;4-8,11-13,16,20H,3,9-10H2,1-2H3,(H,23,24,26,28)/t20?,24-,28+,30+;13?,16-,20+,22+/m00/s1. The Morgan fingerprint density at radius 2 is 1.20 bits per heavy atom. The number of nitrogens with zero attached hydrogens (tertiary/aromatic N) is 9. The minimum atomic E-state index is -0.358. The number of benzene rings is 3. The van der Waals surface area contributed by atoms with E-state index in [1.165, 1.54) is 6.33 Å². The highest BCUT2D eigenvalue weighted by molar-refractivity contribution is 6.06. The Labute approximate surface area is 397 Å². The van der Waals surface area contributed by atoms with E-state index in [0.717, 1.165) is 44.1 Å². The van der Waals surface area contributed by atoms with Gasteiger partial charge in [0.15, 0.2) is 46.1 Å². The maximum Gasteiger partial charge on any atom is 0.279 e. The smallest absolute Gasteiger partial charge is 0.279 e. The summed E-state index contributed by atoms with van der Waals surface area (Å²) < 4.78 is 38.2. The van der Waals surface area contributed by atoms with Crippen molar-refractivity contribution in [1.82, 2.24) is 38.6 Å². The van der Waals surface area contributed by atoms with E-state index in [2.05, 4.69) is 57.9 Å². The molecular weight excluding hydrogens is 877 g/mol. The normalized spacial score (nSPS) is 28.7. The third kappa shape index (κ3) is 6.83. The lowest BCUT2D eigenvalue weighted by Crippen LogP contribution is -2.46. The molecule has 17 nitrogen and oxygen atoms in total. The molecule has 69 heavy (non-hydrogen) atoms. The molecule has 4 saturated heterocycles. The van der Waals surface area contributed by atoms with Crippen LogP contribution in [-0.4, -0.2) is 85.0 Å². The first-order valence-electron chi connectivity index (χ1n) is 24.1. The summed E-state index contributed by atoms with van der Waals surface area (Å²) in [4.78, 5) is 52.9. The van der Waals surface area contributed by atoms with Gasteiger partial charge in [0.2, 0.25) is 0 Å². The molecular formula is C52H54N10O7. The van der Waals surface area contributed by atoms with E-state index in [0.29, 0.717) is 57.3 Å². The van der Waals surface area contributed by atoms with E-state index >= 15 is 0 Å². The van der Waals surface area contributed by atoms with Crippen molar-refractivity contribution < 1.29 is 33.3 Å². The summed E-state index contributed by atoms with van der Waals surface area (Å²) in [6, 6.07) is 28.0. The van der Waals surface area contributed by atoms with Crippen molar-refractivity contribution >= 4 is 40.0 Å². The number of fused-ring (bicyclic) bond motifs is 8. The molecule has 354 valence electrons. The fourth-order valence-electron chi connectivity index (χ4n) is 11.9. The zero-order valence-corrected chi connectivity index (χ0v) is 39.0. The van der Waals surface area contributed by atoms with Crippen molar-refractivity contribution in [2.75, 3.05) is 5.32 Å². The van der Waals surface area contributed by atoms with E-state index in [1.54, 1.807) is 47.8 Å². The van der Waals surface area contributed by atoms with Gasteiger partial charge in [0.05, 0.1) is 30.5 Å². The molecule has 2 saturated carbocycles. The Morgan fingerprint density at radius 3 is 1.77 bits per heavy atom. The largest absolute Gasteiger partial charge is 0.364 e. The van der Waals surface area contributed by atoms with Crippen molar-refractivity contribution in [2.45, 2.75) is 127 Å². The highest BCUT2D eigenvalue weighted by Gasteiger charge is 2.77. The van der Waals surface area contributed by atoms with Crippen LogP contribution in [0.5, 0.6) is 0 Å². The molecule has 6 fully saturated rings. The molecule has 2 aliphatic carbocycles. The van der Waals surface area contributed by atoms with Gasteiger partial charge in [0.1, 0.15) is 42.8 Å². The van der Waals surface area contributed by atoms with Crippen LogP contribution in [0.3, 0.4) is 0 Å². The van der Waals surface area contributed by atoms with Crippen LogP contribution in [0.25, 0.3) is 22.3 Å². The second kappa shape index (κ2) is 16.6. The first-order valence-corrected chi connectivity index (χ1v) is 24.1. The van der Waals surface area contributed by atoms with Gasteiger partial charge in [-0.1, -0.05) is 94.4 Å². The van der Waals surface area contributed by atoms with Crippen LogP contribution in [0.2, 0.25) is 0 Å². The third-order valence-corrected chi connectivity index (χ3v) is 15.7. The lowest BCUT2D eigenvalue weighted by molar-refractivity contribution is -0.223. The van der Waals surface area contributed by atoms with E-state index in [9.17, 15) is 9.59 Å². The zero-order chi connectivity index (χ0) is 47.1. The fraction of sp³-hybridized carbons (Fsp3) is 0.423. The number of carbonyl (C=O) groups excluding carboxylic acids is 2. The summed E-state index contributed by atoms with van der Waals surface area (Å²) in [5.74, 6) is 0.346. The molecule has 13 rings (SSSR count). The Bertz CT molecular complexity index is 3150. The molecule has 3 aromatic carbocycles. The summed E-state index contributed by atoms with van der Waals surface area (Å²) >= 11 is 0. The minimum Gasteiger partial charge on any atom is -0.364 e. The highest BCUT2D eigenvalue weighted by Crippen LogP contribution is 2.69. The maximum absolute atomic E-state index is 13.2. The SMILES string of the molecule is CC[C@]12O[C@@H](n3cnc4c(=NC(=O)c5ccccc5)n(COCc5ccccc5)cnc43)[C@@H](OC13CC3)C2C.CC[C@]12O[C@@H](n3cnc4c(NC(=O)c5ccccc5)ncnc43)[C@@H](OC13CC3)C2C. The molecule has 4 aliphatic heterocycles. The first-order chi connectivity index (χ1) is 33.6. The quantitative estimate of drug-likeness (QED) is 0.134. The Kier molecular flexibility index (Phi) is 10.5. The van der Waals surface area contributed by atoms with E-state index < -0.39 is 0 Å². The fourth-order valence-corrected chi connectivity index (χ4v) is 11.9. The van der Waals surface area contributed by atoms with Crippen molar-refractivity contribution in [3.63, 3.8) is 0 Å². The molecule has 17 heteroatoms. The summed E-state index contributed by atoms with van der Waals surface area (Å²) in [5, 5.41) is 2.85. The second-order valence-electron chi connectivity index (χ2n) is 19.2. The zero-order valence-electron chi connectivity index (χ0n) is 39.0. The van der Waals surface area contributed by atoms with E-state index in [-0.39, 0.29) is 71.5 Å². The molecule has 4 bridgehead atoms. The summed E-state index contributed by atoms with van der Waals surface area (Å²) in [6.07, 6.45) is 11.8. The Hall–Kier alpha value is -6.50. The average molecular weight is 931 g/mol. The summed E-state index contributed by atoms with van der Waals surface area (Å²) in [7, 11) is 0. The van der Waals surface area contributed by atoms with Gasteiger partial charge < -0.3 is 29.0 Å². The van der Waals surface area contributed by atoms with Gasteiger partial charge in [0, 0.05) is 23.0 Å². The average Bonchev–Trinajstić information content (AvgIpc) is 4.07. The number of rotatable bonds is 11. The molecule has 8 atom stereocenters. The van der Waals surface area contributed by atoms with Crippen LogP contribution in [-0.2, 0) is 37.0 Å². The minimum absolute atomic E-state index is 0.0397. The summed E-state index contributed by atoms with van der Waals surface area (Å²) in [6.45, 7) is 9.39. The van der Waals surface area contributed by atoms with Gasteiger partial charge in [0.25, 0.3) is 11.8 Å². The van der Waals surface area contributed by atoms with Gasteiger partial charge in [-0.05, 0) is 68.4 Å². The van der Waals surface area contributed by atoms with Crippen molar-refractivity contribution in [3.8, 4) is 0 Å². The van der Waals surface area contributed by atoms with Crippen LogP contribution in [0.1, 0.15) is 105 Å². The predicted octanol–water partition coefficient (Wildman–Crippen LogP) is 7.72. The topological polar surface area (TPSA) is 184 Å². The molecule has 2 spiro atoms. The molecule has 8 heterocycles. The number of carbonyl (C=O) groups is 2. The van der Waals surface area contributed by atoms with Gasteiger partial charge in [-0.2, -0.15) is 4.99 Å². The number of imidazole rings is 2. The monoisotopic (exact) mass is 930 g/mol. The maximum atomic E-state index is 13.2. The van der Waals surface area contributed by atoms with Gasteiger partial charge in [-0.3, -0.25) is 23.3 Å². The number of ether oxygens (including phenoxy) is 5. The van der Waals surface area contributed by atoms with Crippen molar-refractivity contribution in [2.24, 2.45) is 16.8 Å². The van der Waals surface area contributed by atoms with Crippen LogP contribution < -0.4 is 10.8 Å². The number of aromatic nitrogens is 8. The molecule has 2 amide bonds. The number of anilines is 1. The van der Waals surface area contributed by atoms with E-state index in [1.807, 2.05) is 75.9 Å². The molecule has 0 radical (unpaired) electrons. The number of nitrogens with one attached hydrogen (secondary N) is 1. The number of hydrogen-bond acceptors (Lipinski definition) is 12. The molecule has 2 unspecified atom stereocenters. The van der Waals surface area contributed by atoms with Gasteiger partial charge in [-0.15, -0.1) is 0 Å².